The minimum atomic E-state index is -4.66. The lowest BCUT2D eigenvalue weighted by Gasteiger charge is -2.12. The largest absolute Gasteiger partial charge is 0.497 e. The Morgan fingerprint density at radius 2 is 2.17 bits per heavy atom. The van der Waals surface area contributed by atoms with Gasteiger partial charge in [0.05, 0.1) is 29.7 Å². The fourth-order valence-corrected chi connectivity index (χ4v) is 2.43. The first-order chi connectivity index (χ1) is 8.38. The molecule has 1 aromatic carbocycles. The van der Waals surface area contributed by atoms with E-state index in [-0.39, 0.29) is 4.90 Å². The Morgan fingerprint density at radius 3 is 2.67 bits per heavy atom. The summed E-state index contributed by atoms with van der Waals surface area (Å²) in [6.07, 6.45) is -4.66. The number of halogens is 3. The van der Waals surface area contributed by atoms with Crippen LogP contribution in [-0.4, -0.2) is 23.2 Å². The van der Waals surface area contributed by atoms with E-state index in [4.69, 9.17) is 10.00 Å². The van der Waals surface area contributed by atoms with Crippen LogP contribution in [0.15, 0.2) is 29.2 Å². The lowest BCUT2D eigenvalue weighted by molar-refractivity contribution is -0.153. The standard InChI is InChI=1S/C11H10F3NO2S/c1-17-9-3-2-4-10(5-9)18(16)7-8(6-15)11(12,13)14/h2-5,8H,7H2,1H3. The van der Waals surface area contributed by atoms with Crippen molar-refractivity contribution in [3.05, 3.63) is 24.3 Å². The van der Waals surface area contributed by atoms with Crippen LogP contribution < -0.4 is 4.74 Å². The lowest BCUT2D eigenvalue weighted by atomic mass is 10.2. The van der Waals surface area contributed by atoms with Gasteiger partial charge >= 0.3 is 6.18 Å². The number of benzene rings is 1. The number of nitriles is 1. The van der Waals surface area contributed by atoms with E-state index >= 15 is 0 Å². The third-order valence-corrected chi connectivity index (χ3v) is 3.59. The normalized spacial score (nSPS) is 14.6. The minimum absolute atomic E-state index is 0.207. The van der Waals surface area contributed by atoms with Gasteiger partial charge in [0.2, 0.25) is 0 Å². The average molecular weight is 277 g/mol. The van der Waals surface area contributed by atoms with E-state index in [1.165, 1.54) is 25.3 Å². The van der Waals surface area contributed by atoms with Crippen molar-refractivity contribution in [2.75, 3.05) is 12.9 Å². The summed E-state index contributed by atoms with van der Waals surface area (Å²) < 4.78 is 53.7. The molecule has 0 aliphatic carbocycles. The molecular weight excluding hydrogens is 267 g/mol. The van der Waals surface area contributed by atoms with Crippen LogP contribution in [0.4, 0.5) is 13.2 Å². The highest BCUT2D eigenvalue weighted by Gasteiger charge is 2.41. The molecule has 0 fully saturated rings. The van der Waals surface area contributed by atoms with Gasteiger partial charge < -0.3 is 4.74 Å². The summed E-state index contributed by atoms with van der Waals surface area (Å²) in [7, 11) is -0.496. The van der Waals surface area contributed by atoms with E-state index < -0.39 is 28.6 Å². The van der Waals surface area contributed by atoms with Crippen molar-refractivity contribution in [1.29, 1.82) is 5.26 Å². The summed E-state index contributed by atoms with van der Waals surface area (Å²) in [4.78, 5) is 0.207. The second-order valence-electron chi connectivity index (χ2n) is 3.41. The summed E-state index contributed by atoms with van der Waals surface area (Å²) in [5, 5.41) is 8.43. The molecule has 7 heteroatoms. The highest BCUT2D eigenvalue weighted by molar-refractivity contribution is 7.85. The van der Waals surface area contributed by atoms with Gasteiger partial charge in [0.25, 0.3) is 0 Å². The van der Waals surface area contributed by atoms with Crippen molar-refractivity contribution >= 4 is 10.8 Å². The van der Waals surface area contributed by atoms with Crippen LogP contribution in [0.5, 0.6) is 5.75 Å². The molecule has 0 heterocycles. The maximum Gasteiger partial charge on any atom is 0.405 e. The van der Waals surface area contributed by atoms with Gasteiger partial charge in [-0.3, -0.25) is 4.21 Å². The number of alkyl halides is 3. The van der Waals surface area contributed by atoms with Crippen LogP contribution in [0.1, 0.15) is 0 Å². The zero-order valence-electron chi connectivity index (χ0n) is 9.40. The number of hydrogen-bond acceptors (Lipinski definition) is 3. The first-order valence-corrected chi connectivity index (χ1v) is 6.19. The topological polar surface area (TPSA) is 50.1 Å². The van der Waals surface area contributed by atoms with Gasteiger partial charge in [0.15, 0.2) is 5.92 Å². The smallest absolute Gasteiger partial charge is 0.405 e. The highest BCUT2D eigenvalue weighted by atomic mass is 32.2. The predicted octanol–water partition coefficient (Wildman–Crippen LogP) is 2.50. The van der Waals surface area contributed by atoms with Crippen LogP contribution in [0.2, 0.25) is 0 Å². The van der Waals surface area contributed by atoms with Gasteiger partial charge in [-0.2, -0.15) is 18.4 Å². The van der Waals surface area contributed by atoms with Crippen LogP contribution in [0, 0.1) is 17.2 Å². The Bertz CT molecular complexity index is 482. The molecule has 0 aliphatic heterocycles. The SMILES string of the molecule is COc1cccc(S(=O)CC(C#N)C(F)(F)F)c1. The zero-order valence-corrected chi connectivity index (χ0v) is 10.2. The monoisotopic (exact) mass is 277 g/mol. The number of rotatable bonds is 4. The number of hydrogen-bond donors (Lipinski definition) is 0. The van der Waals surface area contributed by atoms with Crippen molar-refractivity contribution in [2.24, 2.45) is 5.92 Å². The molecule has 98 valence electrons. The van der Waals surface area contributed by atoms with Crippen LogP contribution in [0.3, 0.4) is 0 Å². The maximum absolute atomic E-state index is 12.4. The van der Waals surface area contributed by atoms with Crippen molar-refractivity contribution < 1.29 is 22.1 Å². The van der Waals surface area contributed by atoms with Crippen molar-refractivity contribution in [2.45, 2.75) is 11.1 Å². The van der Waals surface area contributed by atoms with Gasteiger partial charge in [0.1, 0.15) is 5.75 Å². The lowest BCUT2D eigenvalue weighted by Crippen LogP contribution is -2.26. The van der Waals surface area contributed by atoms with E-state index in [0.717, 1.165) is 6.07 Å². The summed E-state index contributed by atoms with van der Waals surface area (Å²) in [6, 6.07) is 7.06. The van der Waals surface area contributed by atoms with Crippen LogP contribution >= 0.6 is 0 Å². The molecule has 0 saturated heterocycles. The maximum atomic E-state index is 12.4. The fraction of sp³-hybridized carbons (Fsp3) is 0.364. The Labute approximate surface area is 105 Å². The van der Waals surface area contributed by atoms with Crippen molar-refractivity contribution in [3.8, 4) is 11.8 Å². The van der Waals surface area contributed by atoms with Gasteiger partial charge in [-0.05, 0) is 18.2 Å². The molecule has 1 aromatic rings. The minimum Gasteiger partial charge on any atom is -0.497 e. The number of ether oxygens (including phenoxy) is 1. The van der Waals surface area contributed by atoms with E-state index in [0.29, 0.717) is 5.75 Å². The summed E-state index contributed by atoms with van der Waals surface area (Å²) >= 11 is 0. The summed E-state index contributed by atoms with van der Waals surface area (Å²) in [5.74, 6) is -2.60. The molecule has 2 unspecified atom stereocenters. The third-order valence-electron chi connectivity index (χ3n) is 2.17. The van der Waals surface area contributed by atoms with Crippen LogP contribution in [0.25, 0.3) is 0 Å². The zero-order chi connectivity index (χ0) is 13.8. The van der Waals surface area contributed by atoms with Crippen molar-refractivity contribution in [1.82, 2.24) is 0 Å². The fourth-order valence-electron chi connectivity index (χ4n) is 1.20. The predicted molar refractivity (Wildman–Crippen MR) is 59.4 cm³/mol. The quantitative estimate of drug-likeness (QED) is 0.849. The molecule has 0 bridgehead atoms. The molecule has 2 atom stereocenters. The molecule has 0 aromatic heterocycles. The Hall–Kier alpha value is -1.55. The molecule has 3 nitrogen and oxygen atoms in total. The Balaban J connectivity index is 2.85. The second kappa shape index (κ2) is 5.87. The number of methoxy groups -OCH3 is 1. The molecule has 0 amide bonds. The van der Waals surface area contributed by atoms with Crippen molar-refractivity contribution in [3.63, 3.8) is 0 Å². The third kappa shape index (κ3) is 3.74. The average Bonchev–Trinajstić information content (AvgIpc) is 2.34. The van der Waals surface area contributed by atoms with Gasteiger partial charge in [0, 0.05) is 4.90 Å². The van der Waals surface area contributed by atoms with E-state index in [9.17, 15) is 17.4 Å². The molecule has 1 rings (SSSR count). The highest BCUT2D eigenvalue weighted by Crippen LogP contribution is 2.28. The molecule has 0 saturated carbocycles. The van der Waals surface area contributed by atoms with E-state index in [1.807, 2.05) is 0 Å². The summed E-state index contributed by atoms with van der Waals surface area (Å²) in [5.41, 5.74) is 0. The van der Waals surface area contributed by atoms with Gasteiger partial charge in [-0.25, -0.2) is 0 Å². The molecule has 0 aliphatic rings. The number of nitrogens with zero attached hydrogens (tertiary/aromatic N) is 1. The van der Waals surface area contributed by atoms with E-state index in [2.05, 4.69) is 0 Å². The first kappa shape index (κ1) is 14.5. The molecular formula is C11H10F3NO2S. The van der Waals surface area contributed by atoms with Gasteiger partial charge in [-0.1, -0.05) is 6.07 Å². The second-order valence-corrected chi connectivity index (χ2v) is 4.91. The van der Waals surface area contributed by atoms with Crippen LogP contribution in [-0.2, 0) is 10.8 Å². The first-order valence-electron chi connectivity index (χ1n) is 4.87. The van der Waals surface area contributed by atoms with E-state index in [1.54, 1.807) is 6.07 Å². The summed E-state index contributed by atoms with van der Waals surface area (Å²) in [6.45, 7) is 0. The molecule has 0 spiro atoms. The Kier molecular flexibility index (Phi) is 4.73. The van der Waals surface area contributed by atoms with Gasteiger partial charge in [-0.15, -0.1) is 0 Å². The molecule has 0 radical (unpaired) electrons. The molecule has 18 heavy (non-hydrogen) atoms. The Morgan fingerprint density at radius 1 is 1.50 bits per heavy atom. The molecule has 0 N–H and O–H groups in total.